The molecule has 0 rings (SSSR count). The smallest absolute Gasteiger partial charge is 0.326 e. The maximum Gasteiger partial charge on any atom is 0.326 e. The van der Waals surface area contributed by atoms with Crippen LogP contribution in [0.1, 0.15) is 32.6 Å². The van der Waals surface area contributed by atoms with Crippen LogP contribution in [0.4, 0.5) is 0 Å². The Bertz CT molecular complexity index is 786. The van der Waals surface area contributed by atoms with E-state index >= 15 is 0 Å². The number of carboxylic acids is 2. The fourth-order valence-corrected chi connectivity index (χ4v) is 2.37. The van der Waals surface area contributed by atoms with Crippen molar-refractivity contribution in [1.82, 2.24) is 16.0 Å². The van der Waals surface area contributed by atoms with E-state index in [1.165, 1.54) is 6.92 Å². The predicted molar refractivity (Wildman–Crippen MR) is 108 cm³/mol. The lowest BCUT2D eigenvalue weighted by Crippen LogP contribution is -2.58. The largest absolute Gasteiger partial charge is 0.481 e. The summed E-state index contributed by atoms with van der Waals surface area (Å²) in [5, 5.41) is 33.4. The van der Waals surface area contributed by atoms with Crippen molar-refractivity contribution < 1.29 is 48.9 Å². The number of hydrogen-bond acceptors (Lipinski definition) is 9. The van der Waals surface area contributed by atoms with Gasteiger partial charge >= 0.3 is 11.9 Å². The maximum atomic E-state index is 12.6. The fraction of sp³-hybridized carbons (Fsp3) is 0.588. The first-order chi connectivity index (χ1) is 15.1. The van der Waals surface area contributed by atoms with E-state index in [4.69, 9.17) is 27.4 Å². The quantitative estimate of drug-likeness (QED) is 0.108. The van der Waals surface area contributed by atoms with Gasteiger partial charge < -0.3 is 48.5 Å². The summed E-state index contributed by atoms with van der Waals surface area (Å²) in [6.07, 6.45) is -3.87. The van der Waals surface area contributed by atoms with Crippen molar-refractivity contribution in [3.05, 3.63) is 0 Å². The molecular formula is C17H28N6O10. The average Bonchev–Trinajstić information content (AvgIpc) is 2.67. The van der Waals surface area contributed by atoms with Crippen LogP contribution in [0.2, 0.25) is 0 Å². The van der Waals surface area contributed by atoms with E-state index in [9.17, 15) is 38.7 Å². The number of nitrogens with two attached hydrogens (primary N) is 3. The second kappa shape index (κ2) is 13.6. The second-order valence-corrected chi connectivity index (χ2v) is 7.06. The van der Waals surface area contributed by atoms with Crippen molar-refractivity contribution >= 4 is 41.5 Å². The van der Waals surface area contributed by atoms with Crippen molar-refractivity contribution in [2.24, 2.45) is 17.2 Å². The number of primary amides is 2. The Balaban J connectivity index is 5.63. The minimum atomic E-state index is -1.85. The zero-order valence-corrected chi connectivity index (χ0v) is 17.6. The highest BCUT2D eigenvalue weighted by molar-refractivity contribution is 5.96. The van der Waals surface area contributed by atoms with Crippen LogP contribution in [-0.2, 0) is 33.6 Å². The van der Waals surface area contributed by atoms with Gasteiger partial charge in [-0.1, -0.05) is 0 Å². The molecule has 5 amide bonds. The number of amides is 5. The third kappa shape index (κ3) is 11.4. The van der Waals surface area contributed by atoms with Crippen molar-refractivity contribution in [2.75, 3.05) is 0 Å². The lowest BCUT2D eigenvalue weighted by atomic mass is 10.1. The number of nitrogens with one attached hydrogen (secondary N) is 3. The topological polar surface area (TPSA) is 294 Å². The molecule has 12 N–H and O–H groups in total. The Labute approximate surface area is 187 Å². The number of carboxylic acid groups (broad SMARTS) is 2. The molecule has 0 fully saturated rings. The first kappa shape index (κ1) is 29.2. The van der Waals surface area contributed by atoms with Gasteiger partial charge in [0, 0.05) is 6.42 Å². The number of carbonyl (C=O) groups excluding carboxylic acids is 5. The fourth-order valence-electron chi connectivity index (χ4n) is 2.37. The first-order valence-electron chi connectivity index (χ1n) is 9.51. The highest BCUT2D eigenvalue weighted by Crippen LogP contribution is 2.03. The van der Waals surface area contributed by atoms with Crippen molar-refractivity contribution in [2.45, 2.75) is 62.9 Å². The summed E-state index contributed by atoms with van der Waals surface area (Å²) in [6.45, 7) is 1.20. The van der Waals surface area contributed by atoms with E-state index in [0.717, 1.165) is 0 Å². The minimum absolute atomic E-state index is 0.420. The Morgan fingerprint density at radius 3 is 1.67 bits per heavy atom. The van der Waals surface area contributed by atoms with Crippen LogP contribution in [0.5, 0.6) is 0 Å². The lowest BCUT2D eigenvalue weighted by molar-refractivity contribution is -0.147. The van der Waals surface area contributed by atoms with Gasteiger partial charge in [-0.25, -0.2) is 4.79 Å². The summed E-state index contributed by atoms with van der Waals surface area (Å²) < 4.78 is 0. The van der Waals surface area contributed by atoms with Gasteiger partial charge in [-0.3, -0.25) is 28.8 Å². The number of aliphatic hydroxyl groups is 1. The average molecular weight is 476 g/mol. The molecule has 0 saturated carbocycles. The molecule has 0 aromatic carbocycles. The van der Waals surface area contributed by atoms with Gasteiger partial charge in [0.15, 0.2) is 0 Å². The molecular weight excluding hydrogens is 448 g/mol. The number of carbonyl (C=O) groups is 7. The zero-order chi connectivity index (χ0) is 25.9. The summed E-state index contributed by atoms with van der Waals surface area (Å²) in [4.78, 5) is 81.5. The molecule has 0 bridgehead atoms. The van der Waals surface area contributed by atoms with E-state index in [-0.39, 0.29) is 0 Å². The zero-order valence-electron chi connectivity index (χ0n) is 17.6. The van der Waals surface area contributed by atoms with E-state index in [1.54, 1.807) is 0 Å². The summed E-state index contributed by atoms with van der Waals surface area (Å²) in [5.41, 5.74) is 15.6. The molecule has 5 atom stereocenters. The third-order valence-corrected chi connectivity index (χ3v) is 4.17. The van der Waals surface area contributed by atoms with Crippen LogP contribution < -0.4 is 33.2 Å². The second-order valence-electron chi connectivity index (χ2n) is 7.06. The van der Waals surface area contributed by atoms with Crippen molar-refractivity contribution in [3.63, 3.8) is 0 Å². The van der Waals surface area contributed by atoms with Crippen molar-refractivity contribution in [1.29, 1.82) is 0 Å². The Morgan fingerprint density at radius 1 is 0.758 bits per heavy atom. The number of aliphatic carboxylic acids is 2. The summed E-state index contributed by atoms with van der Waals surface area (Å²) in [7, 11) is 0. The Morgan fingerprint density at radius 2 is 1.24 bits per heavy atom. The molecule has 0 heterocycles. The Kier molecular flexibility index (Phi) is 12.0. The standard InChI is InChI=1S/C17H28N6O10/c1-6(24)13(20)16(31)22-8(4-11(19)26)15(30)21-7(2-3-10(18)25)14(29)23-9(17(32)33)5-12(27)28/h6-9,13,24H,2-5,20H2,1H3,(H2,18,25)(H2,19,26)(H,21,30)(H,22,31)(H,23,29)(H,27,28)(H,32,33). The molecule has 0 radical (unpaired) electrons. The van der Waals surface area contributed by atoms with Crippen LogP contribution in [0, 0.1) is 0 Å². The van der Waals surface area contributed by atoms with Crippen LogP contribution in [-0.4, -0.2) is 87.1 Å². The van der Waals surface area contributed by atoms with E-state index in [2.05, 4.69) is 10.6 Å². The van der Waals surface area contributed by atoms with Crippen LogP contribution >= 0.6 is 0 Å². The number of aliphatic hydroxyl groups excluding tert-OH is 1. The molecule has 0 aliphatic heterocycles. The molecule has 0 aliphatic carbocycles. The first-order valence-corrected chi connectivity index (χ1v) is 9.51. The summed E-state index contributed by atoms with van der Waals surface area (Å²) in [6, 6.07) is -6.56. The van der Waals surface area contributed by atoms with Crippen LogP contribution in [0.3, 0.4) is 0 Å². The number of rotatable bonds is 15. The molecule has 0 aromatic rings. The molecule has 5 unspecified atom stereocenters. The summed E-state index contributed by atoms with van der Waals surface area (Å²) >= 11 is 0. The van der Waals surface area contributed by atoms with Gasteiger partial charge in [-0.15, -0.1) is 0 Å². The Hall–Kier alpha value is -3.79. The van der Waals surface area contributed by atoms with Gasteiger partial charge in [0.25, 0.3) is 0 Å². The molecule has 33 heavy (non-hydrogen) atoms. The van der Waals surface area contributed by atoms with Crippen LogP contribution in [0.25, 0.3) is 0 Å². The molecule has 0 aromatic heterocycles. The monoisotopic (exact) mass is 476 g/mol. The number of hydrogen-bond donors (Lipinski definition) is 9. The molecule has 186 valence electrons. The van der Waals surface area contributed by atoms with Gasteiger partial charge in [-0.05, 0) is 13.3 Å². The highest BCUT2D eigenvalue weighted by Gasteiger charge is 2.32. The van der Waals surface area contributed by atoms with E-state index < -0.39 is 97.4 Å². The normalized spacial score (nSPS) is 15.1. The molecule has 0 aliphatic rings. The lowest BCUT2D eigenvalue weighted by Gasteiger charge is -2.24. The minimum Gasteiger partial charge on any atom is -0.481 e. The van der Waals surface area contributed by atoms with Gasteiger partial charge in [0.05, 0.1) is 18.9 Å². The van der Waals surface area contributed by atoms with E-state index in [0.29, 0.717) is 0 Å². The SMILES string of the molecule is CC(O)C(N)C(=O)NC(CC(N)=O)C(=O)NC(CCC(N)=O)C(=O)NC(CC(=O)O)C(=O)O. The van der Waals surface area contributed by atoms with Gasteiger partial charge in [-0.2, -0.15) is 0 Å². The van der Waals surface area contributed by atoms with Gasteiger partial charge in [0.1, 0.15) is 24.2 Å². The predicted octanol–water partition coefficient (Wildman–Crippen LogP) is -5.15. The maximum absolute atomic E-state index is 12.6. The molecule has 0 spiro atoms. The summed E-state index contributed by atoms with van der Waals surface area (Å²) in [5.74, 6) is -8.40. The van der Waals surface area contributed by atoms with E-state index in [1.807, 2.05) is 5.32 Å². The van der Waals surface area contributed by atoms with Crippen LogP contribution in [0.15, 0.2) is 0 Å². The van der Waals surface area contributed by atoms with Gasteiger partial charge in [0.2, 0.25) is 29.5 Å². The van der Waals surface area contributed by atoms with Crippen molar-refractivity contribution in [3.8, 4) is 0 Å². The highest BCUT2D eigenvalue weighted by atomic mass is 16.4. The third-order valence-electron chi connectivity index (χ3n) is 4.17. The molecule has 16 nitrogen and oxygen atoms in total. The molecule has 0 saturated heterocycles. The molecule has 16 heteroatoms.